The van der Waals surface area contributed by atoms with Crippen molar-refractivity contribution in [3.63, 3.8) is 0 Å². The number of rotatable bonds is 5. The van der Waals surface area contributed by atoms with Gasteiger partial charge in [-0.15, -0.1) is 0 Å². The molecule has 2 aromatic rings. The van der Waals surface area contributed by atoms with Crippen LogP contribution in [0.3, 0.4) is 0 Å². The predicted octanol–water partition coefficient (Wildman–Crippen LogP) is 1.71. The summed E-state index contributed by atoms with van der Waals surface area (Å²) in [5.41, 5.74) is 3.30. The molecule has 0 aliphatic carbocycles. The molecule has 112 valence electrons. The standard InChI is InChI=1S/C15H21N5O/c1-5-6-12-8-13(20(4)19-12)15(21)16-9-14-17-10(2)7-11(3)18-14/h7-8H,5-6,9H2,1-4H3,(H,16,21). The van der Waals surface area contributed by atoms with E-state index in [1.807, 2.05) is 26.0 Å². The summed E-state index contributed by atoms with van der Waals surface area (Å²) in [7, 11) is 1.78. The fourth-order valence-corrected chi connectivity index (χ4v) is 2.25. The SMILES string of the molecule is CCCc1cc(C(=O)NCc2nc(C)cc(C)n2)n(C)n1. The molecule has 0 aliphatic heterocycles. The molecule has 2 heterocycles. The van der Waals surface area contributed by atoms with E-state index in [0.29, 0.717) is 18.1 Å². The second-order valence-corrected chi connectivity index (χ2v) is 5.14. The summed E-state index contributed by atoms with van der Waals surface area (Å²) in [6.45, 7) is 6.23. The van der Waals surface area contributed by atoms with Crippen LogP contribution in [0, 0.1) is 13.8 Å². The first-order chi connectivity index (χ1) is 9.99. The summed E-state index contributed by atoms with van der Waals surface area (Å²) < 4.78 is 1.61. The Kier molecular flexibility index (Phi) is 4.67. The topological polar surface area (TPSA) is 72.7 Å². The molecule has 6 nitrogen and oxygen atoms in total. The molecule has 0 aliphatic rings. The third-order valence-corrected chi connectivity index (χ3v) is 3.10. The van der Waals surface area contributed by atoms with Crippen LogP contribution in [-0.4, -0.2) is 25.7 Å². The van der Waals surface area contributed by atoms with Crippen LogP contribution < -0.4 is 5.32 Å². The second-order valence-electron chi connectivity index (χ2n) is 5.14. The molecule has 2 rings (SSSR count). The van der Waals surface area contributed by atoms with Gasteiger partial charge < -0.3 is 5.32 Å². The van der Waals surface area contributed by atoms with Gasteiger partial charge in [0.2, 0.25) is 0 Å². The summed E-state index contributed by atoms with van der Waals surface area (Å²) in [6.07, 6.45) is 1.88. The number of amides is 1. The van der Waals surface area contributed by atoms with Gasteiger partial charge >= 0.3 is 0 Å². The Labute approximate surface area is 124 Å². The average molecular weight is 287 g/mol. The van der Waals surface area contributed by atoms with Gasteiger partial charge in [0.15, 0.2) is 0 Å². The first kappa shape index (κ1) is 15.2. The molecule has 0 spiro atoms. The van der Waals surface area contributed by atoms with Gasteiger partial charge in [-0.1, -0.05) is 13.3 Å². The highest BCUT2D eigenvalue weighted by Crippen LogP contribution is 2.06. The highest BCUT2D eigenvalue weighted by molar-refractivity contribution is 5.92. The Bertz CT molecular complexity index is 627. The Morgan fingerprint density at radius 2 is 1.90 bits per heavy atom. The number of hydrogen-bond donors (Lipinski definition) is 1. The van der Waals surface area contributed by atoms with Crippen LogP contribution in [0.1, 0.15) is 46.7 Å². The molecule has 6 heteroatoms. The maximum absolute atomic E-state index is 12.2. The Morgan fingerprint density at radius 1 is 1.24 bits per heavy atom. The molecular weight excluding hydrogens is 266 g/mol. The van der Waals surface area contributed by atoms with Crippen LogP contribution in [0.5, 0.6) is 0 Å². The lowest BCUT2D eigenvalue weighted by molar-refractivity contribution is 0.0940. The van der Waals surface area contributed by atoms with E-state index in [-0.39, 0.29) is 5.91 Å². The Hall–Kier alpha value is -2.24. The number of nitrogens with one attached hydrogen (secondary N) is 1. The van der Waals surface area contributed by atoms with Gasteiger partial charge in [-0.2, -0.15) is 5.10 Å². The normalized spacial score (nSPS) is 10.7. The molecule has 0 bridgehead atoms. The van der Waals surface area contributed by atoms with Crippen molar-refractivity contribution >= 4 is 5.91 Å². The maximum atomic E-state index is 12.2. The third-order valence-electron chi connectivity index (χ3n) is 3.10. The van der Waals surface area contributed by atoms with Crippen LogP contribution in [0.15, 0.2) is 12.1 Å². The van der Waals surface area contributed by atoms with E-state index in [4.69, 9.17) is 0 Å². The van der Waals surface area contributed by atoms with Crippen molar-refractivity contribution in [3.8, 4) is 0 Å². The molecule has 0 saturated carbocycles. The Balaban J connectivity index is 2.04. The summed E-state index contributed by atoms with van der Waals surface area (Å²) in [5, 5.41) is 7.17. The predicted molar refractivity (Wildman–Crippen MR) is 79.9 cm³/mol. The molecule has 1 amide bonds. The molecule has 0 unspecified atom stereocenters. The minimum atomic E-state index is -0.157. The number of carbonyl (C=O) groups is 1. The van der Waals surface area contributed by atoms with Crippen LogP contribution in [0.4, 0.5) is 0 Å². The zero-order valence-electron chi connectivity index (χ0n) is 13.0. The first-order valence-corrected chi connectivity index (χ1v) is 7.12. The van der Waals surface area contributed by atoms with Crippen molar-refractivity contribution in [1.82, 2.24) is 25.1 Å². The lowest BCUT2D eigenvalue weighted by atomic mass is 10.2. The third kappa shape index (κ3) is 3.87. The number of hydrogen-bond acceptors (Lipinski definition) is 4. The molecule has 0 atom stereocenters. The van der Waals surface area contributed by atoms with Crippen LogP contribution in [0.25, 0.3) is 0 Å². The molecule has 0 aromatic carbocycles. The van der Waals surface area contributed by atoms with Gasteiger partial charge in [0, 0.05) is 18.4 Å². The van der Waals surface area contributed by atoms with Crippen LogP contribution in [0.2, 0.25) is 0 Å². The van der Waals surface area contributed by atoms with Gasteiger partial charge in [-0.3, -0.25) is 9.48 Å². The molecule has 2 aromatic heterocycles. The van der Waals surface area contributed by atoms with Crippen molar-refractivity contribution in [2.75, 3.05) is 0 Å². The molecule has 0 fully saturated rings. The minimum Gasteiger partial charge on any atom is -0.343 e. The van der Waals surface area contributed by atoms with Crippen molar-refractivity contribution in [3.05, 3.63) is 40.7 Å². The Morgan fingerprint density at radius 3 is 2.52 bits per heavy atom. The van der Waals surface area contributed by atoms with Crippen molar-refractivity contribution in [2.24, 2.45) is 7.05 Å². The highest BCUT2D eigenvalue weighted by atomic mass is 16.2. The summed E-state index contributed by atoms with van der Waals surface area (Å²) in [6, 6.07) is 3.74. The summed E-state index contributed by atoms with van der Waals surface area (Å²) in [5.74, 6) is 0.465. The molecular formula is C15H21N5O. The average Bonchev–Trinajstić information content (AvgIpc) is 2.76. The monoisotopic (exact) mass is 287 g/mol. The van der Waals surface area contributed by atoms with Gasteiger partial charge in [0.1, 0.15) is 11.5 Å². The zero-order valence-corrected chi connectivity index (χ0v) is 13.0. The molecule has 0 radical (unpaired) electrons. The van der Waals surface area contributed by atoms with E-state index in [1.165, 1.54) is 0 Å². The van der Waals surface area contributed by atoms with Gasteiger partial charge in [0.25, 0.3) is 5.91 Å². The fourth-order valence-electron chi connectivity index (χ4n) is 2.25. The van der Waals surface area contributed by atoms with Gasteiger partial charge in [-0.25, -0.2) is 9.97 Å². The lowest BCUT2D eigenvalue weighted by Crippen LogP contribution is -2.26. The quantitative estimate of drug-likeness (QED) is 0.908. The number of aromatic nitrogens is 4. The van der Waals surface area contributed by atoms with E-state index in [1.54, 1.807) is 11.7 Å². The smallest absolute Gasteiger partial charge is 0.269 e. The largest absolute Gasteiger partial charge is 0.343 e. The van der Waals surface area contributed by atoms with Gasteiger partial charge in [0.05, 0.1) is 12.2 Å². The first-order valence-electron chi connectivity index (χ1n) is 7.12. The van der Waals surface area contributed by atoms with E-state index < -0.39 is 0 Å². The maximum Gasteiger partial charge on any atom is 0.269 e. The van der Waals surface area contributed by atoms with Crippen LogP contribution in [-0.2, 0) is 20.0 Å². The second kappa shape index (κ2) is 6.47. The van der Waals surface area contributed by atoms with Crippen LogP contribution >= 0.6 is 0 Å². The number of aryl methyl sites for hydroxylation is 4. The summed E-state index contributed by atoms with van der Waals surface area (Å²) in [4.78, 5) is 20.8. The number of carbonyl (C=O) groups excluding carboxylic acids is 1. The van der Waals surface area contributed by atoms with E-state index >= 15 is 0 Å². The highest BCUT2D eigenvalue weighted by Gasteiger charge is 2.13. The molecule has 1 N–H and O–H groups in total. The van der Waals surface area contributed by atoms with Crippen molar-refractivity contribution in [2.45, 2.75) is 40.2 Å². The van der Waals surface area contributed by atoms with E-state index in [2.05, 4.69) is 27.3 Å². The fraction of sp³-hybridized carbons (Fsp3) is 0.467. The number of nitrogens with zero attached hydrogens (tertiary/aromatic N) is 4. The van der Waals surface area contributed by atoms with E-state index in [0.717, 1.165) is 29.9 Å². The van der Waals surface area contributed by atoms with Gasteiger partial charge in [-0.05, 0) is 32.4 Å². The minimum absolute atomic E-state index is 0.157. The van der Waals surface area contributed by atoms with Crippen molar-refractivity contribution < 1.29 is 4.79 Å². The molecule has 0 saturated heterocycles. The van der Waals surface area contributed by atoms with Crippen molar-refractivity contribution in [1.29, 1.82) is 0 Å². The van der Waals surface area contributed by atoms with E-state index in [9.17, 15) is 4.79 Å². The zero-order chi connectivity index (χ0) is 15.4. The lowest BCUT2D eigenvalue weighted by Gasteiger charge is -2.06. The molecule has 21 heavy (non-hydrogen) atoms. The summed E-state index contributed by atoms with van der Waals surface area (Å²) >= 11 is 0.